The van der Waals surface area contributed by atoms with Crippen LogP contribution >= 0.6 is 175 Å². The second kappa shape index (κ2) is 14.4. The van der Waals surface area contributed by atoms with Gasteiger partial charge in [0.25, 0.3) is 0 Å². The Morgan fingerprint density at radius 1 is 0.381 bits per heavy atom. The number of benzene rings is 4. The first-order valence-electron chi connectivity index (χ1n) is 11.0. The zero-order valence-corrected chi connectivity index (χ0v) is 31.3. The predicted octanol–water partition coefficient (Wildman–Crippen LogP) is 16.5. The highest BCUT2D eigenvalue weighted by Gasteiger charge is 2.37. The van der Waals surface area contributed by atoms with Gasteiger partial charge in [-0.2, -0.15) is 0 Å². The third kappa shape index (κ3) is 6.57. The smallest absolute Gasteiger partial charge is 0.0809 e. The van der Waals surface area contributed by atoms with Gasteiger partial charge >= 0.3 is 0 Å². The second-order valence-electron chi connectivity index (χ2n) is 8.41. The first-order valence-corrected chi connectivity index (χ1v) is 16.7. The summed E-state index contributed by atoms with van der Waals surface area (Å²) < 4.78 is 0. The quantitative estimate of drug-likeness (QED) is 0.0668. The van der Waals surface area contributed by atoms with E-state index in [0.29, 0.717) is 5.56 Å². The van der Waals surface area contributed by atoms with Gasteiger partial charge in [-0.15, -0.1) is 12.6 Å². The molecule has 0 aromatic heterocycles. The van der Waals surface area contributed by atoms with E-state index in [1.165, 1.54) is 0 Å². The highest BCUT2D eigenvalue weighted by molar-refractivity contribution is 7.80. The Hall–Kier alpha value is 1.03. The number of thiol groups is 1. The van der Waals surface area contributed by atoms with Gasteiger partial charge in [0, 0.05) is 33.1 Å². The molecule has 0 saturated heterocycles. The van der Waals surface area contributed by atoms with Crippen molar-refractivity contribution >= 4 is 187 Å². The molecule has 42 heavy (non-hydrogen) atoms. The van der Waals surface area contributed by atoms with Gasteiger partial charge < -0.3 is 0 Å². The van der Waals surface area contributed by atoms with Gasteiger partial charge in [0.15, 0.2) is 0 Å². The molecule has 0 radical (unpaired) electrons. The Balaban J connectivity index is 2.13. The van der Waals surface area contributed by atoms with E-state index >= 15 is 0 Å². The molecule has 0 aliphatic carbocycles. The highest BCUT2D eigenvalue weighted by Crippen LogP contribution is 2.58. The van der Waals surface area contributed by atoms with Crippen LogP contribution < -0.4 is 0 Å². The van der Waals surface area contributed by atoms with Gasteiger partial charge in [-0.1, -0.05) is 187 Å². The van der Waals surface area contributed by atoms with E-state index in [4.69, 9.17) is 162 Å². The van der Waals surface area contributed by atoms with Crippen molar-refractivity contribution in [3.8, 4) is 0 Å². The molecule has 0 heterocycles. The van der Waals surface area contributed by atoms with Crippen molar-refractivity contribution in [2.24, 2.45) is 0 Å². The van der Waals surface area contributed by atoms with Crippen LogP contribution in [-0.4, -0.2) is 0 Å². The Morgan fingerprint density at radius 2 is 0.667 bits per heavy atom. The highest BCUT2D eigenvalue weighted by atomic mass is 35.5. The summed E-state index contributed by atoms with van der Waals surface area (Å²) in [5.74, 6) is -1.25. The van der Waals surface area contributed by atoms with Crippen molar-refractivity contribution in [1.29, 1.82) is 0 Å². The first-order chi connectivity index (χ1) is 19.6. The van der Waals surface area contributed by atoms with Crippen LogP contribution in [0.4, 0.5) is 0 Å². The van der Waals surface area contributed by atoms with Crippen LogP contribution in [0, 0.1) is 0 Å². The third-order valence-corrected chi connectivity index (χ3v) is 12.7. The van der Waals surface area contributed by atoms with Gasteiger partial charge in [-0.05, 0) is 17.7 Å². The maximum absolute atomic E-state index is 6.93. The third-order valence-electron chi connectivity index (χ3n) is 6.02. The van der Waals surface area contributed by atoms with E-state index in [2.05, 4.69) is 12.6 Å². The van der Waals surface area contributed by atoms with E-state index in [1.807, 2.05) is 24.3 Å². The van der Waals surface area contributed by atoms with Crippen molar-refractivity contribution in [3.05, 3.63) is 122 Å². The van der Waals surface area contributed by atoms with Crippen molar-refractivity contribution in [2.45, 2.75) is 10.8 Å². The number of rotatable bonds is 5. The number of halogens is 14. The molecule has 4 rings (SSSR count). The summed E-state index contributed by atoms with van der Waals surface area (Å²) in [6.45, 7) is 0. The average Bonchev–Trinajstić information content (AvgIpc) is 2.96. The van der Waals surface area contributed by atoms with Gasteiger partial charge in [-0.25, -0.2) is 0 Å². The molecular formula is C27H8Cl14S. The molecule has 0 unspecified atom stereocenters. The lowest BCUT2D eigenvalue weighted by atomic mass is 9.84. The molecule has 0 aliphatic rings. The Kier molecular flexibility index (Phi) is 12.3. The van der Waals surface area contributed by atoms with E-state index < -0.39 is 5.92 Å². The molecule has 0 spiro atoms. The van der Waals surface area contributed by atoms with Gasteiger partial charge in [0.05, 0.1) is 70.3 Å². The maximum Gasteiger partial charge on any atom is 0.0809 e. The zero-order valence-electron chi connectivity index (χ0n) is 19.8. The van der Waals surface area contributed by atoms with Crippen LogP contribution in [0.15, 0.2) is 29.2 Å². The molecule has 0 atom stereocenters. The van der Waals surface area contributed by atoms with Crippen LogP contribution in [-0.2, 0) is 0 Å². The normalized spacial score (nSPS) is 11.8. The minimum absolute atomic E-state index is 0.0323. The van der Waals surface area contributed by atoms with E-state index in [1.54, 1.807) is 12.2 Å². The fraction of sp³-hybridized carbons (Fsp3) is 0.0370. The van der Waals surface area contributed by atoms with E-state index in [9.17, 15) is 0 Å². The van der Waals surface area contributed by atoms with Crippen LogP contribution in [0.3, 0.4) is 0 Å². The molecule has 4 aromatic rings. The summed E-state index contributed by atoms with van der Waals surface area (Å²) in [5, 5.41) is -1.20. The lowest BCUT2D eigenvalue weighted by Gasteiger charge is -2.28. The lowest BCUT2D eigenvalue weighted by Crippen LogP contribution is -2.11. The Labute approximate surface area is 316 Å². The molecule has 0 bridgehead atoms. The maximum atomic E-state index is 6.93. The predicted molar refractivity (Wildman–Crippen MR) is 193 cm³/mol. The fourth-order valence-electron chi connectivity index (χ4n) is 4.01. The summed E-state index contributed by atoms with van der Waals surface area (Å²) in [5.41, 5.74) is 1.35. The number of hydrogen-bond donors (Lipinski definition) is 1. The molecule has 0 nitrogen and oxygen atoms in total. The van der Waals surface area contributed by atoms with E-state index in [-0.39, 0.29) is 87.0 Å². The molecule has 0 N–H and O–H groups in total. The molecule has 220 valence electrons. The molecule has 15 heteroatoms. The molecule has 0 aliphatic heterocycles. The number of hydrogen-bond acceptors (Lipinski definition) is 1. The van der Waals surface area contributed by atoms with E-state index in [0.717, 1.165) is 10.5 Å². The summed E-state index contributed by atoms with van der Waals surface area (Å²) in [7, 11) is 0. The lowest BCUT2D eigenvalue weighted by molar-refractivity contribution is 0.978. The zero-order chi connectivity index (χ0) is 31.4. The molecule has 4 aromatic carbocycles. The van der Waals surface area contributed by atoms with Crippen molar-refractivity contribution in [3.63, 3.8) is 0 Å². The first kappa shape index (κ1) is 35.9. The Bertz CT molecular complexity index is 1620. The van der Waals surface area contributed by atoms with Gasteiger partial charge in [0.1, 0.15) is 0 Å². The Morgan fingerprint density at radius 3 is 1.00 bits per heavy atom. The monoisotopic (exact) mass is 854 g/mol. The SMILES string of the molecule is Sc1ccc(/C=C/c2c(Cl)c(Cl)c(C(c3c(Cl)c(Cl)c(Cl)c(Cl)c3Cl)c3c(Cl)c(Cl)c(Cl)c(Cl)c3Cl)c(Cl)c2Cl)cc1. The molecule has 0 amide bonds. The average molecular weight is 861 g/mol. The summed E-state index contributed by atoms with van der Waals surface area (Å²) >= 11 is 97.0. The van der Waals surface area contributed by atoms with Gasteiger partial charge in [-0.3, -0.25) is 0 Å². The second-order valence-corrected chi connectivity index (χ2v) is 14.2. The summed E-state index contributed by atoms with van der Waals surface area (Å²) in [6, 6.07) is 7.35. The van der Waals surface area contributed by atoms with Crippen LogP contribution in [0.2, 0.25) is 70.3 Å². The standard InChI is InChI=1S/C27H8Cl14S/c28-14-9(6-3-7-1-4-8(42)5-2-7)15(29)17(31)11(16(14)30)10(12-18(32)22(36)26(40)23(37)19(12)33)13-20(34)24(38)27(41)25(39)21(13)35/h1-6,10,42H/b6-3+. The van der Waals surface area contributed by atoms with Crippen molar-refractivity contribution in [1.82, 2.24) is 0 Å². The summed E-state index contributed by atoms with van der Waals surface area (Å²) in [4.78, 5) is 0.796. The fourth-order valence-corrected chi connectivity index (χ4v) is 8.13. The molecular weight excluding hydrogens is 853 g/mol. The molecule has 0 saturated carbocycles. The minimum Gasteiger partial charge on any atom is -0.143 e. The van der Waals surface area contributed by atoms with Crippen LogP contribution in [0.1, 0.15) is 33.7 Å². The topological polar surface area (TPSA) is 0 Å². The van der Waals surface area contributed by atoms with Crippen LogP contribution in [0.25, 0.3) is 12.2 Å². The molecule has 0 fully saturated rings. The van der Waals surface area contributed by atoms with Crippen molar-refractivity contribution in [2.75, 3.05) is 0 Å². The van der Waals surface area contributed by atoms with Crippen LogP contribution in [0.5, 0.6) is 0 Å². The van der Waals surface area contributed by atoms with Gasteiger partial charge in [0.2, 0.25) is 0 Å². The largest absolute Gasteiger partial charge is 0.143 e. The summed E-state index contributed by atoms with van der Waals surface area (Å²) in [6.07, 6.45) is 3.42. The minimum atomic E-state index is -1.25. The van der Waals surface area contributed by atoms with Crippen molar-refractivity contribution < 1.29 is 0 Å².